The van der Waals surface area contributed by atoms with Gasteiger partial charge in [0.15, 0.2) is 47.1 Å². The Kier molecular flexibility index (Phi) is 22.5. The van der Waals surface area contributed by atoms with Crippen molar-refractivity contribution in [2.45, 2.75) is 134 Å². The SMILES string of the molecule is CC(C)[C@H](NC(=O)CCCCC(=O)N1Cc2ccccc2C#Cc2ccccc21)C(=O)N[C@@H](C)C(=O)Nc1ccc(COC(=O)N(C)CCCC(=O)Nc2ncnc3c2ncn3[C@@H]2O[C@@H]3COP(O)(=S)O[C@H]4C(n5cc(F)c6c(=O)[nH]cnc65)O[C@H](COP(=O)(S)O[C@H]3[C@H]2F)[C@H]4O)cc1. The molecule has 7 aromatic rings. The molecule has 0 radical (unpaired) electrons. The lowest BCUT2D eigenvalue weighted by atomic mass is 10.0. The van der Waals surface area contributed by atoms with Gasteiger partial charge in [-0.15, -0.1) is 0 Å². The molecule has 30 nitrogen and oxygen atoms in total. The summed E-state index contributed by atoms with van der Waals surface area (Å²) < 4.78 is 87.6. The first kappa shape index (κ1) is 71.9. The number of nitrogens with one attached hydrogen (secondary N) is 5. The van der Waals surface area contributed by atoms with Crippen molar-refractivity contribution in [2.75, 3.05) is 42.3 Å². The van der Waals surface area contributed by atoms with E-state index in [4.69, 9.17) is 44.1 Å². The van der Waals surface area contributed by atoms with Crippen LogP contribution in [0.1, 0.15) is 94.0 Å². The number of para-hydroxylation sites is 1. The van der Waals surface area contributed by atoms with Gasteiger partial charge in [0.25, 0.3) is 5.56 Å². The summed E-state index contributed by atoms with van der Waals surface area (Å²) >= 11 is 9.34. The minimum atomic E-state index is -4.60. The number of hydrogen-bond donors (Lipinski definition) is 8. The molecule has 4 aliphatic rings. The highest BCUT2D eigenvalue weighted by Crippen LogP contribution is 2.58. The van der Waals surface area contributed by atoms with Gasteiger partial charge < -0.3 is 69.4 Å². The van der Waals surface area contributed by atoms with Crippen molar-refractivity contribution in [2.24, 2.45) is 5.92 Å². The number of alkyl halides is 1. The number of aromatic nitrogens is 7. The van der Waals surface area contributed by atoms with E-state index in [1.165, 1.54) is 18.9 Å². The molecule has 36 heteroatoms. The second-order valence-electron chi connectivity index (χ2n) is 24.0. The highest BCUT2D eigenvalue weighted by Gasteiger charge is 2.54. The monoisotopic (exact) mass is 1440 g/mol. The van der Waals surface area contributed by atoms with Gasteiger partial charge in [0.1, 0.15) is 60.9 Å². The number of halogens is 2. The maximum atomic E-state index is 16.8. The number of aliphatic hydroxyl groups excluding tert-OH is 1. The predicted octanol–water partition coefficient (Wildman–Crippen LogP) is 6.35. The standard InChI is InChI=1S/C63H69F2N13O17P2S2/c1-34(2)50(73-45(79)16-9-10-18-47(81)76-26-39-14-6-5-12-37(39)21-22-38-13-7-8-15-42(38)76)60(85)71-35(3)58(83)72-40-23-19-36(20-24-40)28-89-63(86)75(4)25-11-17-46(80)74-55-51-57(68-31-66-55)78(33-70-51)61-49(65)53-44(93-61)30-91-97(88,99)95-54-52(82)43(29-90-96(87,98)94-53)92-62(54)77-27-41(64)48-56(77)67-32-69-59(48)84/h5-8,12-15,19-20,23-24,27,31-35,43-44,49-50,52-54,61-62,82H,9-11,16-18,25-26,28-30H2,1-4H3,(H,71,85)(H,72,83)(H,73,79)(H,87,98)(H,88,99)(H,67,69,84)(H,66,68,74,80)/t35-,43+,44+,49+,50-,52+,53+,54+,61+,62?,96?,97?/m0/s1. The quantitative estimate of drug-likeness (QED) is 0.0178. The number of anilines is 3. The average Bonchev–Trinajstić information content (AvgIpc) is 1.62. The summed E-state index contributed by atoms with van der Waals surface area (Å²) in [5.74, 6) is 2.94. The molecule has 99 heavy (non-hydrogen) atoms. The number of carbonyl (C=O) groups is 6. The normalized spacial score (nSPS) is 24.2. The topological polar surface area (TPSA) is 373 Å². The minimum absolute atomic E-state index is 0.00146. The first-order valence-electron chi connectivity index (χ1n) is 31.3. The Morgan fingerprint density at radius 3 is 2.31 bits per heavy atom. The first-order valence-corrected chi connectivity index (χ1v) is 36.6. The summed E-state index contributed by atoms with van der Waals surface area (Å²) in [6.45, 7) is -5.23. The summed E-state index contributed by atoms with van der Waals surface area (Å²) in [5, 5.41) is 21.7. The van der Waals surface area contributed by atoms with Crippen molar-refractivity contribution in [3.63, 3.8) is 0 Å². The van der Waals surface area contributed by atoms with Gasteiger partial charge in [-0.05, 0) is 85.4 Å². The number of fused-ring (bicyclic) bond motifs is 7. The van der Waals surface area contributed by atoms with Crippen LogP contribution < -0.4 is 31.7 Å². The summed E-state index contributed by atoms with van der Waals surface area (Å²) in [6.07, 6.45) is -8.97. The van der Waals surface area contributed by atoms with Crippen molar-refractivity contribution in [3.8, 4) is 11.8 Å². The van der Waals surface area contributed by atoms with Crippen molar-refractivity contribution in [1.82, 2.24) is 49.6 Å². The van der Waals surface area contributed by atoms with Crippen LogP contribution in [-0.2, 0) is 85.8 Å². The Morgan fingerprint density at radius 1 is 0.828 bits per heavy atom. The summed E-state index contributed by atoms with van der Waals surface area (Å²) in [4.78, 5) is 125. The van der Waals surface area contributed by atoms with E-state index in [-0.39, 0.29) is 79.2 Å². The van der Waals surface area contributed by atoms with Crippen molar-refractivity contribution < 1.29 is 84.4 Å². The van der Waals surface area contributed by atoms with E-state index in [9.17, 15) is 48.1 Å². The van der Waals surface area contributed by atoms with Gasteiger partial charge in [0, 0.05) is 55.9 Å². The van der Waals surface area contributed by atoms with E-state index in [0.29, 0.717) is 30.6 Å². The Balaban J connectivity index is 0.605. The fourth-order valence-electron chi connectivity index (χ4n) is 11.5. The molecule has 0 spiro atoms. The van der Waals surface area contributed by atoms with Gasteiger partial charge in [-0.1, -0.05) is 80.4 Å². The maximum absolute atomic E-state index is 16.8. The molecule has 2 bridgehead atoms. The number of hydrogen-bond acceptors (Lipinski definition) is 21. The van der Waals surface area contributed by atoms with E-state index in [1.807, 2.05) is 48.5 Å². The Hall–Kier alpha value is -8.42. The number of ether oxygens (including phenoxy) is 3. The minimum Gasteiger partial charge on any atom is -0.445 e. The van der Waals surface area contributed by atoms with E-state index in [0.717, 1.165) is 56.7 Å². The van der Waals surface area contributed by atoms with Crippen LogP contribution in [-0.4, -0.2) is 160 Å². The van der Waals surface area contributed by atoms with Crippen LogP contribution >= 0.6 is 25.8 Å². The highest BCUT2D eigenvalue weighted by molar-refractivity contribution is 8.44. The van der Waals surface area contributed by atoms with Crippen molar-refractivity contribution >= 4 is 113 Å². The molecule has 0 saturated carbocycles. The molecule has 3 fully saturated rings. The van der Waals surface area contributed by atoms with Crippen LogP contribution in [0.4, 0.5) is 30.8 Å². The fourth-order valence-corrected chi connectivity index (χ4v) is 14.4. The third-order valence-electron chi connectivity index (χ3n) is 16.7. The van der Waals surface area contributed by atoms with Gasteiger partial charge in [-0.25, -0.2) is 38.1 Å². The molecular formula is C63H69F2N13O17P2S2. The molecular weight excluding hydrogens is 1370 g/mol. The maximum Gasteiger partial charge on any atom is 0.409 e. The zero-order chi connectivity index (χ0) is 70.4. The van der Waals surface area contributed by atoms with Gasteiger partial charge >= 0.3 is 19.6 Å². The number of aromatic amines is 1. The molecule has 3 saturated heterocycles. The molecule has 524 valence electrons. The van der Waals surface area contributed by atoms with Crippen LogP contribution in [0.2, 0.25) is 0 Å². The zero-order valence-electron chi connectivity index (χ0n) is 53.5. The first-order chi connectivity index (χ1) is 47.3. The summed E-state index contributed by atoms with van der Waals surface area (Å²) in [5.41, 5.74) is 3.16. The molecule has 4 aromatic heterocycles. The molecule has 3 aromatic carbocycles. The second kappa shape index (κ2) is 31.0. The molecule has 6 amide bonds. The predicted molar refractivity (Wildman–Crippen MR) is 358 cm³/mol. The molecule has 11 rings (SSSR count). The second-order valence-corrected chi connectivity index (χ2v) is 29.7. The van der Waals surface area contributed by atoms with Crippen molar-refractivity contribution in [3.05, 3.63) is 136 Å². The molecule has 0 aliphatic carbocycles. The third-order valence-corrected chi connectivity index (χ3v) is 19.8. The van der Waals surface area contributed by atoms with Crippen LogP contribution in [0.3, 0.4) is 0 Å². The highest BCUT2D eigenvalue weighted by atomic mass is 32.7. The van der Waals surface area contributed by atoms with Gasteiger partial charge in [0.05, 0.1) is 38.1 Å². The molecule has 12 atom stereocenters. The lowest BCUT2D eigenvalue weighted by Crippen LogP contribution is -2.53. The number of thiol groups is 1. The Bertz CT molecular complexity index is 4440. The van der Waals surface area contributed by atoms with Crippen LogP contribution in [0, 0.1) is 23.6 Å². The molecule has 8 heterocycles. The number of carbonyl (C=O) groups excluding carboxylic acids is 6. The summed E-state index contributed by atoms with van der Waals surface area (Å²) in [7, 11) is 1.48. The number of H-pyrrole nitrogens is 1. The average molecular weight is 1440 g/mol. The van der Waals surface area contributed by atoms with Gasteiger partial charge in [-0.2, -0.15) is 0 Å². The molecule has 4 aliphatic heterocycles. The van der Waals surface area contributed by atoms with E-state index in [1.54, 1.807) is 43.0 Å². The lowest BCUT2D eigenvalue weighted by Gasteiger charge is -2.27. The summed E-state index contributed by atoms with van der Waals surface area (Å²) in [6, 6.07) is 19.7. The number of unbranched alkanes of at least 4 members (excludes halogenated alkanes) is 1. The number of aliphatic hydroxyl groups is 1. The lowest BCUT2D eigenvalue weighted by molar-refractivity contribution is -0.131. The number of nitrogens with zero attached hydrogens (tertiary/aromatic N) is 8. The third kappa shape index (κ3) is 16.9. The van der Waals surface area contributed by atoms with Crippen LogP contribution in [0.15, 0.2) is 103 Å². The Morgan fingerprint density at radius 2 is 1.54 bits per heavy atom. The van der Waals surface area contributed by atoms with Crippen LogP contribution in [0.25, 0.3) is 22.2 Å². The van der Waals surface area contributed by atoms with E-state index < -0.39 is 129 Å². The largest absolute Gasteiger partial charge is 0.445 e. The molecule has 3 unspecified atom stereocenters. The number of rotatable bonds is 20. The van der Waals surface area contributed by atoms with E-state index in [2.05, 4.69) is 70.3 Å². The number of benzene rings is 3. The number of amides is 6. The van der Waals surface area contributed by atoms with E-state index >= 15 is 8.78 Å². The zero-order valence-corrected chi connectivity index (χ0v) is 57.0. The van der Waals surface area contributed by atoms with Gasteiger partial charge in [0.2, 0.25) is 29.5 Å². The smallest absolute Gasteiger partial charge is 0.409 e. The van der Waals surface area contributed by atoms with Gasteiger partial charge in [-0.3, -0.25) is 46.9 Å². The van der Waals surface area contributed by atoms with Crippen molar-refractivity contribution in [1.29, 1.82) is 0 Å². The van der Waals surface area contributed by atoms with Crippen LogP contribution in [0.5, 0.6) is 0 Å². The molecule has 7 N–H and O–H groups in total. The number of imidazole rings is 1. The fraction of sp³-hybridized carbons (Fsp3) is 0.413. The Labute approximate surface area is 574 Å².